The molecule has 5 nitrogen and oxygen atoms in total. The van der Waals surface area contributed by atoms with Crippen molar-refractivity contribution < 1.29 is 9.59 Å². The first kappa shape index (κ1) is 17.9. The summed E-state index contributed by atoms with van der Waals surface area (Å²) in [4.78, 5) is 29.2. The van der Waals surface area contributed by atoms with Crippen molar-refractivity contribution in [2.24, 2.45) is 0 Å². The summed E-state index contributed by atoms with van der Waals surface area (Å²) in [5.41, 5.74) is 3.32. The van der Waals surface area contributed by atoms with Crippen molar-refractivity contribution in [2.45, 2.75) is 19.3 Å². The lowest BCUT2D eigenvalue weighted by molar-refractivity contribution is -0.119. The van der Waals surface area contributed by atoms with E-state index < -0.39 is 0 Å². The number of aromatic amines is 1. The van der Waals surface area contributed by atoms with Crippen LogP contribution in [0.3, 0.4) is 0 Å². The first-order chi connectivity index (χ1) is 13.7. The third-order valence-corrected chi connectivity index (χ3v) is 4.89. The van der Waals surface area contributed by atoms with Crippen LogP contribution in [0.25, 0.3) is 10.9 Å². The highest BCUT2D eigenvalue weighted by Crippen LogP contribution is 2.21. The molecule has 1 aliphatic rings. The molecule has 4 rings (SSSR count). The standard InChI is InChI=1S/C23H21N3O2/c27-22-5-1-2-15-26(22)20-10-6-17(7-11-20)4-3-13-25-23(28)19-9-8-18-12-14-24-21(18)16-19/h6-12,14,16,24H,1-2,5,13,15H2,(H,25,28). The largest absolute Gasteiger partial charge is 0.361 e. The number of hydrogen-bond donors (Lipinski definition) is 2. The van der Waals surface area contributed by atoms with Crippen molar-refractivity contribution in [3.8, 4) is 11.8 Å². The fraction of sp³-hybridized carbons (Fsp3) is 0.217. The number of carbonyl (C=O) groups excluding carboxylic acids is 2. The van der Waals surface area contributed by atoms with Gasteiger partial charge in [0, 0.05) is 41.5 Å². The van der Waals surface area contributed by atoms with Crippen molar-refractivity contribution in [1.29, 1.82) is 0 Å². The first-order valence-electron chi connectivity index (χ1n) is 9.45. The molecule has 5 heteroatoms. The number of hydrogen-bond acceptors (Lipinski definition) is 2. The van der Waals surface area contributed by atoms with Gasteiger partial charge in [-0.2, -0.15) is 0 Å². The lowest BCUT2D eigenvalue weighted by Gasteiger charge is -2.26. The Balaban J connectivity index is 1.34. The predicted octanol–water partition coefficient (Wildman–Crippen LogP) is 3.47. The molecule has 2 amide bonds. The molecule has 28 heavy (non-hydrogen) atoms. The molecule has 1 saturated heterocycles. The summed E-state index contributed by atoms with van der Waals surface area (Å²) in [5.74, 6) is 6.05. The highest BCUT2D eigenvalue weighted by molar-refractivity contribution is 5.98. The third-order valence-electron chi connectivity index (χ3n) is 4.89. The molecule has 1 aliphatic heterocycles. The van der Waals surface area contributed by atoms with Crippen molar-refractivity contribution in [3.63, 3.8) is 0 Å². The number of fused-ring (bicyclic) bond motifs is 1. The fourth-order valence-electron chi connectivity index (χ4n) is 3.37. The molecule has 140 valence electrons. The van der Waals surface area contributed by atoms with Gasteiger partial charge in [-0.1, -0.05) is 17.9 Å². The van der Waals surface area contributed by atoms with Crippen molar-refractivity contribution in [2.75, 3.05) is 18.0 Å². The average Bonchev–Trinajstić information content (AvgIpc) is 3.20. The van der Waals surface area contributed by atoms with Gasteiger partial charge in [-0.25, -0.2) is 0 Å². The van der Waals surface area contributed by atoms with E-state index in [2.05, 4.69) is 22.1 Å². The SMILES string of the molecule is O=C(NCC#Cc1ccc(N2CCCCC2=O)cc1)c1ccc2cc[nH]c2c1. The van der Waals surface area contributed by atoms with E-state index in [1.807, 2.05) is 53.6 Å². The maximum absolute atomic E-state index is 12.2. The second-order valence-corrected chi connectivity index (χ2v) is 6.81. The number of carbonyl (C=O) groups is 2. The minimum atomic E-state index is -0.148. The van der Waals surface area contributed by atoms with Crippen LogP contribution in [0.1, 0.15) is 35.2 Å². The number of H-pyrrole nitrogens is 1. The highest BCUT2D eigenvalue weighted by Gasteiger charge is 2.19. The van der Waals surface area contributed by atoms with E-state index in [9.17, 15) is 9.59 Å². The summed E-state index contributed by atoms with van der Waals surface area (Å²) in [6, 6.07) is 15.2. The van der Waals surface area contributed by atoms with Gasteiger partial charge in [-0.05, 0) is 60.7 Å². The monoisotopic (exact) mass is 371 g/mol. The van der Waals surface area contributed by atoms with Gasteiger partial charge in [-0.3, -0.25) is 9.59 Å². The molecule has 0 bridgehead atoms. The minimum Gasteiger partial charge on any atom is -0.361 e. The highest BCUT2D eigenvalue weighted by atomic mass is 16.2. The quantitative estimate of drug-likeness (QED) is 0.693. The zero-order valence-corrected chi connectivity index (χ0v) is 15.5. The van der Waals surface area contributed by atoms with Crippen molar-refractivity contribution in [3.05, 3.63) is 65.9 Å². The van der Waals surface area contributed by atoms with E-state index in [1.54, 1.807) is 6.07 Å². The van der Waals surface area contributed by atoms with E-state index >= 15 is 0 Å². The van der Waals surface area contributed by atoms with Crippen LogP contribution < -0.4 is 10.2 Å². The minimum absolute atomic E-state index is 0.148. The van der Waals surface area contributed by atoms with Crippen LogP contribution in [0.2, 0.25) is 0 Å². The average molecular weight is 371 g/mol. The number of amides is 2. The number of piperidine rings is 1. The molecule has 0 radical (unpaired) electrons. The molecule has 0 unspecified atom stereocenters. The Morgan fingerprint density at radius 3 is 2.79 bits per heavy atom. The molecule has 0 spiro atoms. The molecule has 0 atom stereocenters. The lowest BCUT2D eigenvalue weighted by atomic mass is 10.1. The Hall–Kier alpha value is -3.52. The van der Waals surface area contributed by atoms with Gasteiger partial charge in [0.15, 0.2) is 0 Å². The van der Waals surface area contributed by atoms with Crippen LogP contribution >= 0.6 is 0 Å². The van der Waals surface area contributed by atoms with E-state index in [0.717, 1.165) is 41.5 Å². The van der Waals surface area contributed by atoms with Crippen molar-refractivity contribution in [1.82, 2.24) is 10.3 Å². The molecular formula is C23H21N3O2. The summed E-state index contributed by atoms with van der Waals surface area (Å²) in [6.45, 7) is 1.05. The van der Waals surface area contributed by atoms with E-state index in [4.69, 9.17) is 0 Å². The second-order valence-electron chi connectivity index (χ2n) is 6.81. The normalized spacial score (nSPS) is 13.9. The topological polar surface area (TPSA) is 65.2 Å². The third kappa shape index (κ3) is 3.91. The summed E-state index contributed by atoms with van der Waals surface area (Å²) in [6.07, 6.45) is 4.50. The van der Waals surface area contributed by atoms with Gasteiger partial charge >= 0.3 is 0 Å². The summed E-state index contributed by atoms with van der Waals surface area (Å²) >= 11 is 0. The number of nitrogens with zero attached hydrogens (tertiary/aromatic N) is 1. The van der Waals surface area contributed by atoms with Crippen LogP contribution in [-0.2, 0) is 4.79 Å². The summed E-state index contributed by atoms with van der Waals surface area (Å²) in [5, 5.41) is 3.89. The number of aromatic nitrogens is 1. The van der Waals surface area contributed by atoms with E-state index in [-0.39, 0.29) is 18.4 Å². The van der Waals surface area contributed by atoms with E-state index in [1.165, 1.54) is 0 Å². The lowest BCUT2D eigenvalue weighted by Crippen LogP contribution is -2.35. The molecule has 2 heterocycles. The van der Waals surface area contributed by atoms with Gasteiger partial charge < -0.3 is 15.2 Å². The van der Waals surface area contributed by atoms with Gasteiger partial charge in [0.05, 0.1) is 6.54 Å². The van der Waals surface area contributed by atoms with Crippen LogP contribution in [-0.4, -0.2) is 29.9 Å². The Morgan fingerprint density at radius 2 is 1.96 bits per heavy atom. The van der Waals surface area contributed by atoms with Gasteiger partial charge in [0.25, 0.3) is 5.91 Å². The molecule has 2 aromatic carbocycles. The Kier molecular flexibility index (Phi) is 5.11. The first-order valence-corrected chi connectivity index (χ1v) is 9.45. The van der Waals surface area contributed by atoms with Crippen molar-refractivity contribution >= 4 is 28.4 Å². The van der Waals surface area contributed by atoms with Crippen LogP contribution in [0.15, 0.2) is 54.7 Å². The Morgan fingerprint density at radius 1 is 1.11 bits per heavy atom. The molecule has 0 aliphatic carbocycles. The summed E-state index contributed by atoms with van der Waals surface area (Å²) < 4.78 is 0. The zero-order valence-electron chi connectivity index (χ0n) is 15.5. The molecular weight excluding hydrogens is 350 g/mol. The Bertz CT molecular complexity index is 1070. The van der Waals surface area contributed by atoms with Crippen LogP contribution in [0, 0.1) is 11.8 Å². The molecule has 1 aromatic heterocycles. The molecule has 0 saturated carbocycles. The second kappa shape index (κ2) is 8.01. The molecule has 3 aromatic rings. The zero-order chi connectivity index (χ0) is 19.3. The molecule has 2 N–H and O–H groups in total. The van der Waals surface area contributed by atoms with Gasteiger partial charge in [0.2, 0.25) is 5.91 Å². The maximum atomic E-state index is 12.2. The maximum Gasteiger partial charge on any atom is 0.252 e. The number of anilines is 1. The van der Waals surface area contributed by atoms with Gasteiger partial charge in [0.1, 0.15) is 0 Å². The number of benzene rings is 2. The van der Waals surface area contributed by atoms with Crippen LogP contribution in [0.5, 0.6) is 0 Å². The van der Waals surface area contributed by atoms with Gasteiger partial charge in [-0.15, -0.1) is 0 Å². The Labute approximate surface area is 163 Å². The number of rotatable bonds is 3. The number of nitrogens with one attached hydrogen (secondary N) is 2. The summed E-state index contributed by atoms with van der Waals surface area (Å²) in [7, 11) is 0. The fourth-order valence-corrected chi connectivity index (χ4v) is 3.37. The molecule has 1 fully saturated rings. The van der Waals surface area contributed by atoms with Crippen LogP contribution in [0.4, 0.5) is 5.69 Å². The van der Waals surface area contributed by atoms with E-state index in [0.29, 0.717) is 12.0 Å². The smallest absolute Gasteiger partial charge is 0.252 e. The predicted molar refractivity (Wildman–Crippen MR) is 110 cm³/mol.